The summed E-state index contributed by atoms with van der Waals surface area (Å²) in [7, 11) is 0. The molecule has 1 aliphatic rings. The molecule has 0 amide bonds. The second-order valence-corrected chi connectivity index (χ2v) is 4.14. The van der Waals surface area contributed by atoms with Gasteiger partial charge in [-0.3, -0.25) is 4.98 Å². The van der Waals surface area contributed by atoms with E-state index in [-0.39, 0.29) is 6.04 Å². The Kier molecular flexibility index (Phi) is 3.67. The van der Waals surface area contributed by atoms with Crippen molar-refractivity contribution in [2.75, 3.05) is 0 Å². The molecule has 1 saturated carbocycles. The highest BCUT2D eigenvalue weighted by atomic mass is 19.1. The zero-order valence-corrected chi connectivity index (χ0v) is 8.82. The Morgan fingerprint density at radius 2 is 2.00 bits per heavy atom. The average molecular weight is 208 g/mol. The van der Waals surface area contributed by atoms with Crippen LogP contribution in [0.5, 0.6) is 0 Å². The molecule has 3 heteroatoms. The van der Waals surface area contributed by atoms with Crippen molar-refractivity contribution < 1.29 is 4.39 Å². The van der Waals surface area contributed by atoms with Gasteiger partial charge < -0.3 is 5.32 Å². The first-order valence-electron chi connectivity index (χ1n) is 5.62. The number of halogens is 1. The van der Waals surface area contributed by atoms with Gasteiger partial charge in [-0.15, -0.1) is 0 Å². The van der Waals surface area contributed by atoms with Crippen LogP contribution in [0.3, 0.4) is 0 Å². The summed E-state index contributed by atoms with van der Waals surface area (Å²) in [5, 5.41) is 3.28. The van der Waals surface area contributed by atoms with Gasteiger partial charge in [0.25, 0.3) is 0 Å². The van der Waals surface area contributed by atoms with Gasteiger partial charge in [-0.2, -0.15) is 0 Å². The Balaban J connectivity index is 1.82. The SMILES string of the molecule is F[C@@H]1CCCC[C@H]1NCc1ccncc1. The number of hydrogen-bond acceptors (Lipinski definition) is 2. The number of alkyl halides is 1. The second kappa shape index (κ2) is 5.21. The van der Waals surface area contributed by atoms with E-state index in [2.05, 4.69) is 10.3 Å². The van der Waals surface area contributed by atoms with Crippen molar-refractivity contribution in [3.8, 4) is 0 Å². The molecule has 0 radical (unpaired) electrons. The lowest BCUT2D eigenvalue weighted by molar-refractivity contribution is 0.188. The van der Waals surface area contributed by atoms with Crippen LogP contribution in [0, 0.1) is 0 Å². The first kappa shape index (κ1) is 10.6. The normalized spacial score (nSPS) is 26.5. The van der Waals surface area contributed by atoms with Crippen LogP contribution < -0.4 is 5.32 Å². The Morgan fingerprint density at radius 1 is 1.27 bits per heavy atom. The van der Waals surface area contributed by atoms with Crippen molar-refractivity contribution in [3.63, 3.8) is 0 Å². The number of hydrogen-bond donors (Lipinski definition) is 1. The van der Waals surface area contributed by atoms with Gasteiger partial charge in [0, 0.05) is 25.0 Å². The van der Waals surface area contributed by atoms with Gasteiger partial charge in [0.05, 0.1) is 0 Å². The topological polar surface area (TPSA) is 24.9 Å². The molecule has 0 spiro atoms. The molecule has 0 saturated heterocycles. The van der Waals surface area contributed by atoms with E-state index < -0.39 is 6.17 Å². The number of nitrogens with one attached hydrogen (secondary N) is 1. The summed E-state index contributed by atoms with van der Waals surface area (Å²) in [6.45, 7) is 0.744. The average Bonchev–Trinajstić information content (AvgIpc) is 2.29. The van der Waals surface area contributed by atoms with Gasteiger partial charge in [-0.1, -0.05) is 12.8 Å². The monoisotopic (exact) mass is 208 g/mol. The molecular weight excluding hydrogens is 191 g/mol. The molecule has 1 fully saturated rings. The van der Waals surface area contributed by atoms with Gasteiger partial charge in [0.15, 0.2) is 0 Å². The van der Waals surface area contributed by atoms with Crippen LogP contribution in [0.4, 0.5) is 4.39 Å². The fourth-order valence-electron chi connectivity index (χ4n) is 2.07. The Morgan fingerprint density at radius 3 is 2.73 bits per heavy atom. The fraction of sp³-hybridized carbons (Fsp3) is 0.583. The summed E-state index contributed by atoms with van der Waals surface area (Å²) in [6, 6.07) is 3.97. The molecule has 2 nitrogen and oxygen atoms in total. The number of rotatable bonds is 3. The van der Waals surface area contributed by atoms with Crippen LogP contribution in [0.1, 0.15) is 31.2 Å². The van der Waals surface area contributed by atoms with Crippen LogP contribution in [0.2, 0.25) is 0 Å². The summed E-state index contributed by atoms with van der Waals surface area (Å²) >= 11 is 0. The minimum absolute atomic E-state index is 0.0481. The Labute approximate surface area is 89.9 Å². The van der Waals surface area contributed by atoms with Gasteiger partial charge in [0.2, 0.25) is 0 Å². The lowest BCUT2D eigenvalue weighted by Crippen LogP contribution is -2.39. The quantitative estimate of drug-likeness (QED) is 0.825. The summed E-state index contributed by atoms with van der Waals surface area (Å²) in [5.41, 5.74) is 1.17. The lowest BCUT2D eigenvalue weighted by Gasteiger charge is -2.26. The standard InChI is InChI=1S/C12H17FN2/c13-11-3-1-2-4-12(11)15-9-10-5-7-14-8-6-10/h5-8,11-12,15H,1-4,9H2/t11-,12-/m1/s1. The summed E-state index contributed by atoms with van der Waals surface area (Å²) in [4.78, 5) is 3.95. The molecule has 1 heterocycles. The van der Waals surface area contributed by atoms with E-state index in [0.29, 0.717) is 6.42 Å². The molecule has 2 rings (SSSR count). The first-order valence-corrected chi connectivity index (χ1v) is 5.62. The highest BCUT2D eigenvalue weighted by Gasteiger charge is 2.23. The van der Waals surface area contributed by atoms with E-state index in [0.717, 1.165) is 25.8 Å². The fourth-order valence-corrected chi connectivity index (χ4v) is 2.07. The second-order valence-electron chi connectivity index (χ2n) is 4.14. The molecule has 1 aromatic heterocycles. The summed E-state index contributed by atoms with van der Waals surface area (Å²) < 4.78 is 13.5. The number of aromatic nitrogens is 1. The molecule has 0 aromatic carbocycles. The molecule has 15 heavy (non-hydrogen) atoms. The summed E-state index contributed by atoms with van der Waals surface area (Å²) in [5.74, 6) is 0. The predicted octanol–water partition coefficient (Wildman–Crippen LogP) is 2.45. The number of pyridine rings is 1. The highest BCUT2D eigenvalue weighted by Crippen LogP contribution is 2.21. The molecule has 1 aromatic rings. The molecule has 0 bridgehead atoms. The van der Waals surface area contributed by atoms with E-state index in [9.17, 15) is 4.39 Å². The molecular formula is C12H17FN2. The third kappa shape index (κ3) is 2.99. The van der Waals surface area contributed by atoms with E-state index in [1.807, 2.05) is 12.1 Å². The highest BCUT2D eigenvalue weighted by molar-refractivity contribution is 5.09. The molecule has 1 N–H and O–H groups in total. The third-order valence-electron chi connectivity index (χ3n) is 3.00. The lowest BCUT2D eigenvalue weighted by atomic mass is 9.93. The maximum absolute atomic E-state index is 13.5. The Hall–Kier alpha value is -0.960. The maximum Gasteiger partial charge on any atom is 0.115 e. The largest absolute Gasteiger partial charge is 0.307 e. The Bertz CT molecular complexity index is 289. The zero-order valence-electron chi connectivity index (χ0n) is 8.82. The first-order chi connectivity index (χ1) is 7.36. The predicted molar refractivity (Wildman–Crippen MR) is 58.2 cm³/mol. The van der Waals surface area contributed by atoms with Crippen LogP contribution in [0.15, 0.2) is 24.5 Å². The van der Waals surface area contributed by atoms with E-state index in [4.69, 9.17) is 0 Å². The van der Waals surface area contributed by atoms with Crippen molar-refractivity contribution >= 4 is 0 Å². The third-order valence-corrected chi connectivity index (χ3v) is 3.00. The molecule has 82 valence electrons. The van der Waals surface area contributed by atoms with Gasteiger partial charge in [-0.25, -0.2) is 4.39 Å². The molecule has 0 unspecified atom stereocenters. The minimum Gasteiger partial charge on any atom is -0.307 e. The van der Waals surface area contributed by atoms with E-state index in [1.54, 1.807) is 12.4 Å². The number of nitrogens with zero attached hydrogens (tertiary/aromatic N) is 1. The van der Waals surface area contributed by atoms with Crippen molar-refractivity contribution in [3.05, 3.63) is 30.1 Å². The maximum atomic E-state index is 13.5. The van der Waals surface area contributed by atoms with Crippen molar-refractivity contribution in [1.82, 2.24) is 10.3 Å². The zero-order chi connectivity index (χ0) is 10.5. The molecule has 2 atom stereocenters. The molecule has 1 aliphatic carbocycles. The van der Waals surface area contributed by atoms with Gasteiger partial charge in [-0.05, 0) is 30.5 Å². The smallest absolute Gasteiger partial charge is 0.115 e. The van der Waals surface area contributed by atoms with Crippen LogP contribution in [-0.4, -0.2) is 17.2 Å². The minimum atomic E-state index is -0.666. The van der Waals surface area contributed by atoms with Crippen LogP contribution in [-0.2, 0) is 6.54 Å². The van der Waals surface area contributed by atoms with Gasteiger partial charge in [0.1, 0.15) is 6.17 Å². The van der Waals surface area contributed by atoms with Crippen molar-refractivity contribution in [1.29, 1.82) is 0 Å². The van der Waals surface area contributed by atoms with Crippen molar-refractivity contribution in [2.24, 2.45) is 0 Å². The van der Waals surface area contributed by atoms with E-state index in [1.165, 1.54) is 5.56 Å². The van der Waals surface area contributed by atoms with Gasteiger partial charge >= 0.3 is 0 Å². The van der Waals surface area contributed by atoms with Crippen LogP contribution in [0.25, 0.3) is 0 Å². The molecule has 0 aliphatic heterocycles. The van der Waals surface area contributed by atoms with Crippen molar-refractivity contribution in [2.45, 2.75) is 44.4 Å². The van der Waals surface area contributed by atoms with E-state index >= 15 is 0 Å². The summed E-state index contributed by atoms with van der Waals surface area (Å²) in [6.07, 6.45) is 6.74. The van der Waals surface area contributed by atoms with Crippen LogP contribution >= 0.6 is 0 Å².